The number of amides is 1. The summed E-state index contributed by atoms with van der Waals surface area (Å²) in [6, 6.07) is 6.47. The summed E-state index contributed by atoms with van der Waals surface area (Å²) in [5, 5.41) is 25.5. The van der Waals surface area contributed by atoms with Crippen molar-refractivity contribution in [2.75, 3.05) is 43.6 Å². The van der Waals surface area contributed by atoms with Gasteiger partial charge in [0, 0.05) is 25.2 Å². The van der Waals surface area contributed by atoms with Gasteiger partial charge in [0.25, 0.3) is 11.6 Å². The summed E-state index contributed by atoms with van der Waals surface area (Å²) >= 11 is 11.3. The number of carbonyl (C=O) groups is 2. The van der Waals surface area contributed by atoms with Gasteiger partial charge in [-0.05, 0) is 30.4 Å². The Morgan fingerprint density at radius 2 is 1.97 bits per heavy atom. The van der Waals surface area contributed by atoms with E-state index in [2.05, 4.69) is 10.6 Å². The Morgan fingerprint density at radius 1 is 1.27 bits per heavy atom. The second kappa shape index (κ2) is 10.4. The van der Waals surface area contributed by atoms with Crippen LogP contribution in [0.4, 0.5) is 17.1 Å². The summed E-state index contributed by atoms with van der Waals surface area (Å²) in [5.41, 5.74) is 0.307. The molecule has 2 aromatic carbocycles. The van der Waals surface area contributed by atoms with Crippen LogP contribution in [0.2, 0.25) is 5.02 Å². The molecule has 0 bridgehead atoms. The third-order valence-electron chi connectivity index (χ3n) is 4.76. The summed E-state index contributed by atoms with van der Waals surface area (Å²) in [4.78, 5) is 36.9. The molecular weight excluding hydrogens is 476 g/mol. The van der Waals surface area contributed by atoms with E-state index in [0.29, 0.717) is 32.0 Å². The van der Waals surface area contributed by atoms with E-state index in [1.54, 1.807) is 0 Å². The van der Waals surface area contributed by atoms with Crippen LogP contribution in [0.5, 0.6) is 5.75 Å². The fourth-order valence-electron chi connectivity index (χ4n) is 3.24. The van der Waals surface area contributed by atoms with Gasteiger partial charge in [0.1, 0.15) is 0 Å². The molecule has 0 aromatic heterocycles. The highest BCUT2D eigenvalue weighted by molar-refractivity contribution is 7.80. The Morgan fingerprint density at radius 3 is 2.58 bits per heavy atom. The zero-order chi connectivity index (χ0) is 24.1. The predicted molar refractivity (Wildman–Crippen MR) is 125 cm³/mol. The Kier molecular flexibility index (Phi) is 7.63. The van der Waals surface area contributed by atoms with Gasteiger partial charge in [0.15, 0.2) is 10.9 Å². The van der Waals surface area contributed by atoms with E-state index in [1.165, 1.54) is 37.4 Å². The highest BCUT2D eigenvalue weighted by atomic mass is 35.5. The van der Waals surface area contributed by atoms with Gasteiger partial charge in [-0.3, -0.25) is 20.2 Å². The van der Waals surface area contributed by atoms with Crippen molar-refractivity contribution < 1.29 is 29.1 Å². The highest BCUT2D eigenvalue weighted by Gasteiger charge is 2.23. The molecule has 13 heteroatoms. The molecule has 3 rings (SSSR count). The van der Waals surface area contributed by atoms with Crippen LogP contribution < -0.4 is 20.3 Å². The molecule has 2 aromatic rings. The minimum atomic E-state index is -1.22. The van der Waals surface area contributed by atoms with Crippen LogP contribution in [-0.4, -0.2) is 60.4 Å². The normalized spacial score (nSPS) is 13.2. The van der Waals surface area contributed by atoms with Crippen molar-refractivity contribution in [1.29, 1.82) is 0 Å². The number of halogens is 1. The highest BCUT2D eigenvalue weighted by Crippen LogP contribution is 2.34. The molecule has 1 heterocycles. The van der Waals surface area contributed by atoms with Gasteiger partial charge < -0.3 is 24.8 Å². The molecule has 0 unspecified atom stereocenters. The molecule has 33 heavy (non-hydrogen) atoms. The summed E-state index contributed by atoms with van der Waals surface area (Å²) < 4.78 is 10.5. The molecule has 1 saturated heterocycles. The quantitative estimate of drug-likeness (QED) is 0.311. The van der Waals surface area contributed by atoms with Gasteiger partial charge in [-0.1, -0.05) is 11.6 Å². The van der Waals surface area contributed by atoms with Crippen LogP contribution in [0.1, 0.15) is 20.7 Å². The van der Waals surface area contributed by atoms with Crippen molar-refractivity contribution in [1.82, 2.24) is 5.32 Å². The summed E-state index contributed by atoms with van der Waals surface area (Å²) in [6.45, 7) is 1.94. The zero-order valence-corrected chi connectivity index (χ0v) is 18.9. The number of anilines is 2. The first-order valence-electron chi connectivity index (χ1n) is 9.55. The van der Waals surface area contributed by atoms with Gasteiger partial charge in [0.2, 0.25) is 0 Å². The number of hydrogen-bond donors (Lipinski definition) is 3. The number of rotatable bonds is 6. The molecule has 11 nitrogen and oxygen atoms in total. The minimum absolute atomic E-state index is 0.0299. The number of thiocarbonyl (C=S) groups is 1. The number of carbonyl (C=O) groups excluding carboxylic acids is 1. The number of methoxy groups -OCH3 is 1. The molecule has 3 N–H and O–H groups in total. The number of carboxylic acid groups (broad SMARTS) is 1. The Balaban J connectivity index is 1.86. The average Bonchev–Trinajstić information content (AvgIpc) is 2.78. The van der Waals surface area contributed by atoms with Gasteiger partial charge in [-0.15, -0.1) is 0 Å². The van der Waals surface area contributed by atoms with Crippen molar-refractivity contribution in [3.05, 3.63) is 56.6 Å². The average molecular weight is 495 g/mol. The van der Waals surface area contributed by atoms with Crippen LogP contribution in [0.15, 0.2) is 30.3 Å². The Bertz CT molecular complexity index is 1120. The molecule has 1 aliphatic rings. The number of benzene rings is 2. The number of carboxylic acids is 1. The number of morpholine rings is 1. The Hall–Kier alpha value is -3.48. The number of nitrogens with zero attached hydrogens (tertiary/aromatic N) is 2. The molecule has 1 fully saturated rings. The van der Waals surface area contributed by atoms with Crippen molar-refractivity contribution in [2.45, 2.75) is 0 Å². The lowest BCUT2D eigenvalue weighted by Gasteiger charge is -2.30. The zero-order valence-electron chi connectivity index (χ0n) is 17.3. The second-order valence-electron chi connectivity index (χ2n) is 6.81. The maximum atomic E-state index is 13.0. The van der Waals surface area contributed by atoms with Crippen molar-refractivity contribution in [3.63, 3.8) is 0 Å². The second-order valence-corrected chi connectivity index (χ2v) is 7.63. The van der Waals surface area contributed by atoms with E-state index < -0.39 is 16.8 Å². The number of nitro benzene ring substituents is 1. The lowest BCUT2D eigenvalue weighted by Crippen LogP contribution is -2.39. The van der Waals surface area contributed by atoms with Gasteiger partial charge in [-0.25, -0.2) is 4.79 Å². The summed E-state index contributed by atoms with van der Waals surface area (Å²) in [5.74, 6) is -1.77. The lowest BCUT2D eigenvalue weighted by atomic mass is 10.1. The van der Waals surface area contributed by atoms with Crippen LogP contribution in [0.3, 0.4) is 0 Å². The standard InChI is InChI=1S/C20H19ClN4O7S/c1-31-17-14(21)8-11(19(27)28)9-15(17)22-20(33)23-18(26)13-10-12(25(29)30)2-3-16(13)24-4-6-32-7-5-24/h2-3,8-10H,4-7H2,1H3,(H,27,28)(H2,22,23,26,33). The third kappa shape index (κ3) is 5.66. The third-order valence-corrected chi connectivity index (χ3v) is 5.24. The van der Waals surface area contributed by atoms with E-state index >= 15 is 0 Å². The summed E-state index contributed by atoms with van der Waals surface area (Å²) in [7, 11) is 1.34. The maximum absolute atomic E-state index is 13.0. The minimum Gasteiger partial charge on any atom is -0.493 e. The number of aromatic carboxylic acids is 1. The molecule has 1 amide bonds. The fraction of sp³-hybridized carbons (Fsp3) is 0.250. The first kappa shape index (κ1) is 24.2. The molecule has 0 aliphatic carbocycles. The monoisotopic (exact) mass is 494 g/mol. The number of nitrogens with one attached hydrogen (secondary N) is 2. The van der Waals surface area contributed by atoms with E-state index in [4.69, 9.17) is 33.3 Å². The molecule has 0 spiro atoms. The number of hydrogen-bond acceptors (Lipinski definition) is 8. The van der Waals surface area contributed by atoms with Crippen LogP contribution in [-0.2, 0) is 4.74 Å². The van der Waals surface area contributed by atoms with E-state index in [9.17, 15) is 24.8 Å². The molecule has 0 saturated carbocycles. The van der Waals surface area contributed by atoms with Crippen LogP contribution in [0, 0.1) is 10.1 Å². The fourth-order valence-corrected chi connectivity index (χ4v) is 3.74. The van der Waals surface area contributed by atoms with Crippen LogP contribution >= 0.6 is 23.8 Å². The summed E-state index contributed by atoms with van der Waals surface area (Å²) in [6.07, 6.45) is 0. The molecule has 1 aliphatic heterocycles. The van der Waals surface area contributed by atoms with Crippen molar-refractivity contribution in [2.24, 2.45) is 0 Å². The maximum Gasteiger partial charge on any atom is 0.335 e. The van der Waals surface area contributed by atoms with E-state index in [1.807, 2.05) is 4.90 Å². The van der Waals surface area contributed by atoms with Gasteiger partial charge in [0.05, 0.1) is 52.8 Å². The van der Waals surface area contributed by atoms with E-state index in [0.717, 1.165) is 0 Å². The number of nitro groups is 1. The topological polar surface area (TPSA) is 143 Å². The number of non-ortho nitro benzene ring substituents is 1. The van der Waals surface area contributed by atoms with Crippen molar-refractivity contribution >= 4 is 57.9 Å². The van der Waals surface area contributed by atoms with Crippen LogP contribution in [0.25, 0.3) is 0 Å². The smallest absolute Gasteiger partial charge is 0.335 e. The number of ether oxygens (including phenoxy) is 2. The van der Waals surface area contributed by atoms with Gasteiger partial charge in [-0.2, -0.15) is 0 Å². The predicted octanol–water partition coefficient (Wildman–Crippen LogP) is 2.92. The Labute approximate surface area is 198 Å². The van der Waals surface area contributed by atoms with Gasteiger partial charge >= 0.3 is 5.97 Å². The molecular formula is C20H19ClN4O7S. The van der Waals surface area contributed by atoms with Crippen molar-refractivity contribution in [3.8, 4) is 5.75 Å². The lowest BCUT2D eigenvalue weighted by molar-refractivity contribution is -0.384. The van der Waals surface area contributed by atoms with E-state index in [-0.39, 0.29) is 38.4 Å². The molecule has 0 atom stereocenters. The molecule has 0 radical (unpaired) electrons. The SMILES string of the molecule is COc1c(Cl)cc(C(=O)O)cc1NC(=S)NC(=O)c1cc([N+](=O)[O-])ccc1N1CCOCC1. The first-order valence-corrected chi connectivity index (χ1v) is 10.3. The molecule has 174 valence electrons. The largest absolute Gasteiger partial charge is 0.493 e. The first-order chi connectivity index (χ1) is 15.7.